The molecule has 0 atom stereocenters. The van der Waals surface area contributed by atoms with Crippen molar-refractivity contribution in [2.45, 2.75) is 6.92 Å². The van der Waals surface area contributed by atoms with Gasteiger partial charge in [-0.1, -0.05) is 46.3 Å². The van der Waals surface area contributed by atoms with Gasteiger partial charge in [-0.25, -0.2) is 4.98 Å². The van der Waals surface area contributed by atoms with E-state index in [4.69, 9.17) is 5.73 Å². The summed E-state index contributed by atoms with van der Waals surface area (Å²) >= 11 is 4.58. The van der Waals surface area contributed by atoms with Gasteiger partial charge in [0.25, 0.3) is 5.91 Å². The van der Waals surface area contributed by atoms with E-state index in [1.165, 1.54) is 11.3 Å². The van der Waals surface area contributed by atoms with Crippen molar-refractivity contribution in [1.82, 2.24) is 4.98 Å². The lowest BCUT2D eigenvalue weighted by Gasteiger charge is -2.05. The lowest BCUT2D eigenvalue weighted by atomic mass is 10.0. The van der Waals surface area contributed by atoms with E-state index >= 15 is 0 Å². The van der Waals surface area contributed by atoms with Crippen molar-refractivity contribution >= 4 is 60.5 Å². The number of aromatic nitrogens is 1. The minimum atomic E-state index is -0.304. The van der Waals surface area contributed by atoms with Gasteiger partial charge < -0.3 is 11.1 Å². The SMILES string of the molecule is Cc1nc2sc(C(=O)Nc3ccc(Br)cc3)c(N)c2cc1C(=O)c1ccccc1. The number of pyridine rings is 1. The zero-order valence-corrected chi connectivity index (χ0v) is 17.8. The molecule has 0 radical (unpaired) electrons. The van der Waals surface area contributed by atoms with Crippen molar-refractivity contribution in [2.75, 3.05) is 11.1 Å². The topological polar surface area (TPSA) is 85.1 Å². The zero-order valence-electron chi connectivity index (χ0n) is 15.4. The summed E-state index contributed by atoms with van der Waals surface area (Å²) < 4.78 is 0.923. The number of amides is 1. The molecular weight excluding hydrogens is 450 g/mol. The summed E-state index contributed by atoms with van der Waals surface area (Å²) in [7, 11) is 0. The van der Waals surface area contributed by atoms with Gasteiger partial charge in [-0.15, -0.1) is 11.3 Å². The summed E-state index contributed by atoms with van der Waals surface area (Å²) in [4.78, 5) is 31.1. The van der Waals surface area contributed by atoms with Crippen LogP contribution in [0.25, 0.3) is 10.2 Å². The first-order valence-electron chi connectivity index (χ1n) is 8.80. The van der Waals surface area contributed by atoms with E-state index in [-0.39, 0.29) is 11.7 Å². The maximum atomic E-state index is 12.9. The van der Waals surface area contributed by atoms with Gasteiger partial charge >= 0.3 is 0 Å². The summed E-state index contributed by atoms with van der Waals surface area (Å²) in [6.45, 7) is 1.78. The number of hydrogen-bond donors (Lipinski definition) is 2. The minimum Gasteiger partial charge on any atom is -0.397 e. The van der Waals surface area contributed by atoms with Crippen LogP contribution in [0.3, 0.4) is 0 Å². The second-order valence-electron chi connectivity index (χ2n) is 6.48. The van der Waals surface area contributed by atoms with Crippen LogP contribution in [0.4, 0.5) is 11.4 Å². The van der Waals surface area contributed by atoms with Gasteiger partial charge in [0, 0.05) is 26.7 Å². The lowest BCUT2D eigenvalue weighted by Crippen LogP contribution is -2.11. The fourth-order valence-corrected chi connectivity index (χ4v) is 4.28. The third-order valence-corrected chi connectivity index (χ3v) is 6.14. The van der Waals surface area contributed by atoms with Crippen LogP contribution in [-0.4, -0.2) is 16.7 Å². The zero-order chi connectivity index (χ0) is 20.5. The number of rotatable bonds is 4. The predicted octanol–water partition coefficient (Wildman–Crippen LogP) is 5.43. The number of nitrogens with two attached hydrogens (primary N) is 1. The Morgan fingerprint density at radius 1 is 1.07 bits per heavy atom. The van der Waals surface area contributed by atoms with E-state index in [2.05, 4.69) is 26.2 Å². The first-order valence-corrected chi connectivity index (χ1v) is 10.4. The molecular formula is C22H16BrN3O2S. The molecule has 1 amide bonds. The molecule has 0 spiro atoms. The molecule has 4 aromatic rings. The Morgan fingerprint density at radius 2 is 1.76 bits per heavy atom. The third kappa shape index (κ3) is 3.79. The van der Waals surface area contributed by atoms with Crippen molar-refractivity contribution in [1.29, 1.82) is 0 Å². The number of carbonyl (C=O) groups is 2. The summed E-state index contributed by atoms with van der Waals surface area (Å²) in [5.41, 5.74) is 8.93. The molecule has 3 N–H and O–H groups in total. The van der Waals surface area contributed by atoms with Crippen molar-refractivity contribution in [2.24, 2.45) is 0 Å². The molecule has 7 heteroatoms. The second kappa shape index (κ2) is 7.77. The Balaban J connectivity index is 1.71. The highest BCUT2D eigenvalue weighted by molar-refractivity contribution is 9.10. The summed E-state index contributed by atoms with van der Waals surface area (Å²) in [5, 5.41) is 3.45. The molecule has 0 aliphatic heterocycles. The summed E-state index contributed by atoms with van der Waals surface area (Å²) in [6, 6.07) is 18.0. The van der Waals surface area contributed by atoms with Crippen LogP contribution in [0, 0.1) is 6.92 Å². The van der Waals surface area contributed by atoms with Crippen molar-refractivity contribution < 1.29 is 9.59 Å². The first-order chi connectivity index (χ1) is 13.9. The Morgan fingerprint density at radius 3 is 2.45 bits per heavy atom. The van der Waals surface area contributed by atoms with Crippen LogP contribution in [0.15, 0.2) is 65.1 Å². The van der Waals surface area contributed by atoms with Gasteiger partial charge in [-0.05, 0) is 37.3 Å². The van der Waals surface area contributed by atoms with Crippen LogP contribution >= 0.6 is 27.3 Å². The van der Waals surface area contributed by atoms with Gasteiger partial charge in [0.1, 0.15) is 9.71 Å². The molecule has 144 valence electrons. The number of aryl methyl sites for hydroxylation is 1. The number of nitrogens with zero attached hydrogens (tertiary/aromatic N) is 1. The van der Waals surface area contributed by atoms with Gasteiger partial charge in [0.05, 0.1) is 11.4 Å². The van der Waals surface area contributed by atoms with E-state index in [1.807, 2.05) is 30.3 Å². The molecule has 0 bridgehead atoms. The van der Waals surface area contributed by atoms with Crippen LogP contribution in [-0.2, 0) is 0 Å². The van der Waals surface area contributed by atoms with E-state index in [1.54, 1.807) is 37.3 Å². The van der Waals surface area contributed by atoms with Crippen LogP contribution < -0.4 is 11.1 Å². The van der Waals surface area contributed by atoms with Gasteiger partial charge in [0.2, 0.25) is 0 Å². The van der Waals surface area contributed by atoms with Gasteiger partial charge in [-0.3, -0.25) is 9.59 Å². The van der Waals surface area contributed by atoms with E-state index in [0.717, 1.165) is 4.47 Å². The van der Waals surface area contributed by atoms with E-state index in [0.29, 0.717) is 43.3 Å². The number of fused-ring (bicyclic) bond motifs is 1. The number of nitrogen functional groups attached to an aromatic ring is 1. The standard InChI is InChI=1S/C22H16BrN3O2S/c1-12-16(19(27)13-5-3-2-4-6-13)11-17-18(24)20(29-22(17)25-12)21(28)26-15-9-7-14(23)8-10-15/h2-11H,24H2,1H3,(H,26,28). The highest BCUT2D eigenvalue weighted by Gasteiger charge is 2.21. The Bertz CT molecular complexity index is 1230. The monoisotopic (exact) mass is 465 g/mol. The predicted molar refractivity (Wildman–Crippen MR) is 121 cm³/mol. The third-order valence-electron chi connectivity index (χ3n) is 4.50. The molecule has 4 rings (SSSR count). The normalized spacial score (nSPS) is 10.8. The number of nitrogens with one attached hydrogen (secondary N) is 1. The Labute approximate surface area is 179 Å². The fourth-order valence-electron chi connectivity index (χ4n) is 2.99. The number of thiophene rings is 1. The lowest BCUT2D eigenvalue weighted by molar-refractivity contribution is 0.102. The van der Waals surface area contributed by atoms with Crippen molar-refractivity contribution in [3.63, 3.8) is 0 Å². The Hall–Kier alpha value is -3.03. The molecule has 0 unspecified atom stereocenters. The average Bonchev–Trinajstić information content (AvgIpc) is 3.05. The first kappa shape index (κ1) is 19.3. The Kier molecular flexibility index (Phi) is 5.17. The molecule has 0 saturated carbocycles. The van der Waals surface area contributed by atoms with E-state index in [9.17, 15) is 9.59 Å². The van der Waals surface area contributed by atoms with E-state index < -0.39 is 0 Å². The summed E-state index contributed by atoms with van der Waals surface area (Å²) in [5.74, 6) is -0.426. The molecule has 2 heterocycles. The van der Waals surface area contributed by atoms with Gasteiger partial charge in [-0.2, -0.15) is 0 Å². The highest BCUT2D eigenvalue weighted by atomic mass is 79.9. The summed E-state index contributed by atoms with van der Waals surface area (Å²) in [6.07, 6.45) is 0. The number of benzene rings is 2. The van der Waals surface area contributed by atoms with Crippen LogP contribution in [0.1, 0.15) is 31.3 Å². The number of anilines is 2. The van der Waals surface area contributed by atoms with Crippen molar-refractivity contribution in [3.05, 3.63) is 86.8 Å². The number of ketones is 1. The molecule has 2 aromatic heterocycles. The van der Waals surface area contributed by atoms with Crippen LogP contribution in [0.5, 0.6) is 0 Å². The maximum Gasteiger partial charge on any atom is 0.267 e. The highest BCUT2D eigenvalue weighted by Crippen LogP contribution is 2.34. The molecule has 0 fully saturated rings. The second-order valence-corrected chi connectivity index (χ2v) is 8.39. The molecule has 2 aromatic carbocycles. The van der Waals surface area contributed by atoms with Gasteiger partial charge in [0.15, 0.2) is 5.78 Å². The quantitative estimate of drug-likeness (QED) is 0.393. The molecule has 29 heavy (non-hydrogen) atoms. The smallest absolute Gasteiger partial charge is 0.267 e. The van der Waals surface area contributed by atoms with Crippen molar-refractivity contribution in [3.8, 4) is 0 Å². The average molecular weight is 466 g/mol. The molecule has 5 nitrogen and oxygen atoms in total. The molecule has 0 aliphatic carbocycles. The number of halogens is 1. The fraction of sp³-hybridized carbons (Fsp3) is 0.0455. The molecule has 0 saturated heterocycles. The van der Waals surface area contributed by atoms with Crippen LogP contribution in [0.2, 0.25) is 0 Å². The minimum absolute atomic E-state index is 0.121. The number of carbonyl (C=O) groups excluding carboxylic acids is 2. The number of hydrogen-bond acceptors (Lipinski definition) is 5. The maximum absolute atomic E-state index is 12.9. The largest absolute Gasteiger partial charge is 0.397 e. The molecule has 0 aliphatic rings.